The van der Waals surface area contributed by atoms with Gasteiger partial charge in [-0.2, -0.15) is 17.5 Å². The maximum atomic E-state index is 13.5. The SMILES string of the molecule is Cn1cnc(CN2c3ccccc3CN(S(=O)(=O)C(F)(F)F)C[C@@H]2CCC2CCCC2)c1. The summed E-state index contributed by atoms with van der Waals surface area (Å²) < 4.78 is 67.7. The Balaban J connectivity index is 1.71. The monoisotopic (exact) mass is 470 g/mol. The normalized spacial score (nSPS) is 21.0. The molecule has 0 saturated heterocycles. The van der Waals surface area contributed by atoms with E-state index >= 15 is 0 Å². The van der Waals surface area contributed by atoms with Gasteiger partial charge in [0.25, 0.3) is 0 Å². The maximum Gasteiger partial charge on any atom is 0.511 e. The third kappa shape index (κ3) is 4.80. The third-order valence-corrected chi connectivity index (χ3v) is 8.15. The second-order valence-corrected chi connectivity index (χ2v) is 10.8. The number of hydrogen-bond acceptors (Lipinski definition) is 4. The Bertz CT molecular complexity index is 1030. The summed E-state index contributed by atoms with van der Waals surface area (Å²) in [5, 5.41) is 0. The van der Waals surface area contributed by atoms with Gasteiger partial charge in [-0.15, -0.1) is 0 Å². The van der Waals surface area contributed by atoms with Gasteiger partial charge < -0.3 is 9.47 Å². The number of nitrogens with zero attached hydrogens (tertiary/aromatic N) is 4. The third-order valence-electron chi connectivity index (χ3n) is 6.61. The van der Waals surface area contributed by atoms with Crippen molar-refractivity contribution in [1.29, 1.82) is 0 Å². The van der Waals surface area contributed by atoms with Crippen LogP contribution in [0.25, 0.3) is 0 Å². The summed E-state index contributed by atoms with van der Waals surface area (Å²) in [5.41, 5.74) is -3.19. The number of anilines is 1. The maximum absolute atomic E-state index is 13.5. The molecule has 1 atom stereocenters. The van der Waals surface area contributed by atoms with Crippen molar-refractivity contribution in [2.45, 2.75) is 63.2 Å². The molecule has 0 N–H and O–H groups in total. The van der Waals surface area contributed by atoms with Crippen molar-refractivity contribution in [2.75, 3.05) is 11.4 Å². The average molecular weight is 471 g/mol. The van der Waals surface area contributed by atoms with E-state index in [4.69, 9.17) is 0 Å². The molecular weight excluding hydrogens is 441 g/mol. The van der Waals surface area contributed by atoms with E-state index < -0.39 is 15.5 Å². The van der Waals surface area contributed by atoms with Crippen molar-refractivity contribution in [3.05, 3.63) is 48.0 Å². The van der Waals surface area contributed by atoms with E-state index in [-0.39, 0.29) is 19.1 Å². The highest BCUT2D eigenvalue weighted by molar-refractivity contribution is 7.89. The van der Waals surface area contributed by atoms with Crippen LogP contribution in [-0.4, -0.2) is 40.4 Å². The van der Waals surface area contributed by atoms with E-state index in [1.165, 1.54) is 12.8 Å². The molecule has 0 radical (unpaired) electrons. The minimum Gasteiger partial charge on any atom is -0.361 e. The lowest BCUT2D eigenvalue weighted by molar-refractivity contribution is -0.0492. The van der Waals surface area contributed by atoms with E-state index in [0.717, 1.165) is 30.6 Å². The average Bonchev–Trinajstić information content (AvgIpc) is 3.36. The molecule has 2 aliphatic rings. The Morgan fingerprint density at radius 1 is 1.12 bits per heavy atom. The fourth-order valence-electron chi connectivity index (χ4n) is 4.95. The van der Waals surface area contributed by atoms with Gasteiger partial charge in [0.1, 0.15) is 0 Å². The fourth-order valence-corrected chi connectivity index (χ4v) is 5.92. The molecule has 0 unspecified atom stereocenters. The molecule has 176 valence electrons. The van der Waals surface area contributed by atoms with E-state index in [2.05, 4.69) is 9.88 Å². The number of aryl methyl sites for hydroxylation is 1. The van der Waals surface area contributed by atoms with Gasteiger partial charge in [0, 0.05) is 38.1 Å². The summed E-state index contributed by atoms with van der Waals surface area (Å²) in [6.07, 6.45) is 9.72. The summed E-state index contributed by atoms with van der Waals surface area (Å²) in [6, 6.07) is 6.77. The Hall–Kier alpha value is -2.07. The van der Waals surface area contributed by atoms with E-state index in [1.54, 1.807) is 18.5 Å². The quantitative estimate of drug-likeness (QED) is 0.627. The van der Waals surface area contributed by atoms with Crippen molar-refractivity contribution in [2.24, 2.45) is 13.0 Å². The van der Waals surface area contributed by atoms with Crippen LogP contribution in [0.5, 0.6) is 0 Å². The number of hydrogen-bond donors (Lipinski definition) is 0. The zero-order valence-corrected chi connectivity index (χ0v) is 18.9. The highest BCUT2D eigenvalue weighted by atomic mass is 32.2. The number of imidazole rings is 1. The van der Waals surface area contributed by atoms with Crippen LogP contribution in [0.3, 0.4) is 0 Å². The first-order chi connectivity index (χ1) is 15.1. The summed E-state index contributed by atoms with van der Waals surface area (Å²) in [6.45, 7) is -0.0835. The van der Waals surface area contributed by atoms with Gasteiger partial charge in [-0.05, 0) is 30.4 Å². The van der Waals surface area contributed by atoms with Crippen molar-refractivity contribution < 1.29 is 21.6 Å². The highest BCUT2D eigenvalue weighted by Gasteiger charge is 2.51. The number of para-hydroxylation sites is 1. The first kappa shape index (κ1) is 23.1. The molecule has 10 heteroatoms. The van der Waals surface area contributed by atoms with Crippen LogP contribution in [0, 0.1) is 5.92 Å². The minimum absolute atomic E-state index is 0.198. The highest BCUT2D eigenvalue weighted by Crippen LogP contribution is 2.37. The summed E-state index contributed by atoms with van der Waals surface area (Å²) in [4.78, 5) is 6.46. The van der Waals surface area contributed by atoms with Crippen molar-refractivity contribution >= 4 is 15.7 Å². The lowest BCUT2D eigenvalue weighted by Crippen LogP contribution is -2.47. The molecule has 1 aliphatic heterocycles. The lowest BCUT2D eigenvalue weighted by Gasteiger charge is -2.34. The first-order valence-corrected chi connectivity index (χ1v) is 12.5. The Kier molecular flexibility index (Phi) is 6.53. The number of sulfonamides is 1. The minimum atomic E-state index is -5.44. The van der Waals surface area contributed by atoms with Gasteiger partial charge in [-0.1, -0.05) is 43.9 Å². The van der Waals surface area contributed by atoms with E-state index in [9.17, 15) is 21.6 Å². The topological polar surface area (TPSA) is 58.4 Å². The summed E-state index contributed by atoms with van der Waals surface area (Å²) >= 11 is 0. The molecule has 2 heterocycles. The molecule has 1 aliphatic carbocycles. The van der Waals surface area contributed by atoms with E-state index in [1.807, 2.05) is 29.9 Å². The van der Waals surface area contributed by atoms with Crippen LogP contribution in [-0.2, 0) is 30.2 Å². The number of aromatic nitrogens is 2. The van der Waals surface area contributed by atoms with Crippen LogP contribution >= 0.6 is 0 Å². The molecule has 2 aromatic rings. The van der Waals surface area contributed by atoms with Gasteiger partial charge in [0.05, 0.1) is 18.6 Å². The number of benzene rings is 1. The van der Waals surface area contributed by atoms with Crippen molar-refractivity contribution in [3.63, 3.8) is 0 Å². The standard InChI is InChI=1S/C22H29F3N4O2S/c1-27-13-19(26-16-27)14-29-20(11-10-17-6-2-3-7-17)15-28(32(30,31)22(23,24)25)12-18-8-4-5-9-21(18)29/h4-5,8-9,13,16-17,20H,2-3,6-7,10-12,14-15H2,1H3/t20-/m0/s1. The van der Waals surface area contributed by atoms with Gasteiger partial charge in [0.15, 0.2) is 0 Å². The smallest absolute Gasteiger partial charge is 0.361 e. The van der Waals surface area contributed by atoms with Crippen LogP contribution in [0.1, 0.15) is 49.8 Å². The van der Waals surface area contributed by atoms with Gasteiger partial charge in [-0.25, -0.2) is 13.4 Å². The predicted molar refractivity (Wildman–Crippen MR) is 116 cm³/mol. The fraction of sp³-hybridized carbons (Fsp3) is 0.591. The van der Waals surface area contributed by atoms with Crippen LogP contribution in [0.15, 0.2) is 36.8 Å². The Morgan fingerprint density at radius 3 is 2.50 bits per heavy atom. The lowest BCUT2D eigenvalue weighted by atomic mass is 9.97. The number of fused-ring (bicyclic) bond motifs is 1. The number of rotatable bonds is 6. The molecule has 32 heavy (non-hydrogen) atoms. The van der Waals surface area contributed by atoms with Gasteiger partial charge in [0.2, 0.25) is 0 Å². The zero-order chi connectivity index (χ0) is 22.9. The van der Waals surface area contributed by atoms with Gasteiger partial charge in [-0.3, -0.25) is 0 Å². The predicted octanol–water partition coefficient (Wildman–Crippen LogP) is 4.43. The van der Waals surface area contributed by atoms with E-state index in [0.29, 0.717) is 28.8 Å². The molecule has 1 saturated carbocycles. The summed E-state index contributed by atoms with van der Waals surface area (Å²) in [7, 11) is -3.58. The molecule has 0 spiro atoms. The molecule has 0 amide bonds. The van der Waals surface area contributed by atoms with Crippen LogP contribution in [0.4, 0.5) is 18.9 Å². The van der Waals surface area contributed by atoms with Crippen molar-refractivity contribution in [1.82, 2.24) is 13.9 Å². The number of halogens is 3. The molecule has 0 bridgehead atoms. The molecule has 1 aromatic heterocycles. The number of alkyl halides is 3. The van der Waals surface area contributed by atoms with Crippen LogP contribution in [0.2, 0.25) is 0 Å². The van der Waals surface area contributed by atoms with Crippen LogP contribution < -0.4 is 4.90 Å². The Labute approximate surface area is 187 Å². The second-order valence-electron chi connectivity index (χ2n) is 8.91. The van der Waals surface area contributed by atoms with Crippen molar-refractivity contribution in [3.8, 4) is 0 Å². The first-order valence-electron chi connectivity index (χ1n) is 11.0. The molecule has 4 rings (SSSR count). The molecule has 1 fully saturated rings. The molecule has 1 aromatic carbocycles. The largest absolute Gasteiger partial charge is 0.511 e. The Morgan fingerprint density at radius 2 is 1.84 bits per heavy atom. The van der Waals surface area contributed by atoms with Gasteiger partial charge >= 0.3 is 15.5 Å². The molecular formula is C22H29F3N4O2S. The second kappa shape index (κ2) is 9.05. The molecule has 6 nitrogen and oxygen atoms in total. The summed E-state index contributed by atoms with van der Waals surface area (Å²) in [5.74, 6) is 0.554. The zero-order valence-electron chi connectivity index (χ0n) is 18.1.